The molecule has 1 aromatic carbocycles. The normalized spacial score (nSPS) is 11.4. The van der Waals surface area contributed by atoms with E-state index in [4.69, 9.17) is 4.74 Å². The molecule has 0 amide bonds. The topological polar surface area (TPSA) is 27.1 Å². The molecule has 0 unspecified atom stereocenters. The van der Waals surface area contributed by atoms with Crippen molar-refractivity contribution < 1.29 is 4.74 Å². The lowest BCUT2D eigenvalue weighted by molar-refractivity contribution is 0.131. The number of benzene rings is 1. The molecule has 0 aliphatic heterocycles. The summed E-state index contributed by atoms with van der Waals surface area (Å²) in [5.74, 6) is 0.872. The van der Waals surface area contributed by atoms with E-state index in [2.05, 4.69) is 11.3 Å². The fourth-order valence-electron chi connectivity index (χ4n) is 1.40. The first-order valence-corrected chi connectivity index (χ1v) is 5.25. The zero-order valence-corrected chi connectivity index (χ0v) is 9.77. The van der Waals surface area contributed by atoms with Crippen LogP contribution in [0.4, 0.5) is 0 Å². The third-order valence-corrected chi connectivity index (χ3v) is 1.99. The van der Waals surface area contributed by atoms with E-state index in [0.29, 0.717) is 0 Å². The van der Waals surface area contributed by atoms with Gasteiger partial charge in [-0.1, -0.05) is 0 Å². The van der Waals surface area contributed by atoms with Gasteiger partial charge in [-0.15, -0.1) is 0 Å². The van der Waals surface area contributed by atoms with E-state index in [-0.39, 0.29) is 5.60 Å². The number of nitrogens with zero attached hydrogens (tertiary/aromatic N) is 2. The summed E-state index contributed by atoms with van der Waals surface area (Å²) in [5.41, 5.74) is 0.863. The van der Waals surface area contributed by atoms with Crippen LogP contribution in [0.15, 0.2) is 36.7 Å². The molecule has 3 heteroatoms. The van der Waals surface area contributed by atoms with Gasteiger partial charge in [0.15, 0.2) is 6.33 Å². The standard InChI is InChI=1S/C13H15N2O/c1-13(2,3)16-12-6-4-11(5-7-12)15-9-8-14-10-15/h4-9H,1-3H3. The molecule has 1 heterocycles. The van der Waals surface area contributed by atoms with Gasteiger partial charge in [-0.3, -0.25) is 4.57 Å². The van der Waals surface area contributed by atoms with Crippen LogP contribution in [0, 0.1) is 6.33 Å². The van der Waals surface area contributed by atoms with Crippen LogP contribution in [0.1, 0.15) is 20.8 Å². The monoisotopic (exact) mass is 215 g/mol. The second-order valence-corrected chi connectivity index (χ2v) is 4.61. The zero-order valence-electron chi connectivity index (χ0n) is 9.77. The highest BCUT2D eigenvalue weighted by atomic mass is 16.5. The van der Waals surface area contributed by atoms with Gasteiger partial charge in [0, 0.05) is 18.1 Å². The molecule has 0 saturated heterocycles. The van der Waals surface area contributed by atoms with E-state index in [1.54, 1.807) is 6.20 Å². The fourth-order valence-corrected chi connectivity index (χ4v) is 1.40. The van der Waals surface area contributed by atoms with Crippen molar-refractivity contribution in [2.24, 2.45) is 0 Å². The van der Waals surface area contributed by atoms with Gasteiger partial charge >= 0.3 is 0 Å². The van der Waals surface area contributed by atoms with Crippen LogP contribution in [0.3, 0.4) is 0 Å². The van der Waals surface area contributed by atoms with Crippen LogP contribution in [0.2, 0.25) is 0 Å². The maximum absolute atomic E-state index is 5.74. The molecule has 2 rings (SSSR count). The molecule has 0 atom stereocenters. The Kier molecular flexibility index (Phi) is 2.69. The lowest BCUT2D eigenvalue weighted by Crippen LogP contribution is -2.22. The second-order valence-electron chi connectivity index (χ2n) is 4.61. The molecule has 16 heavy (non-hydrogen) atoms. The Balaban J connectivity index is 2.17. The third-order valence-electron chi connectivity index (χ3n) is 1.99. The summed E-state index contributed by atoms with van der Waals surface area (Å²) < 4.78 is 7.57. The Bertz CT molecular complexity index is 438. The number of aromatic nitrogens is 2. The zero-order chi connectivity index (χ0) is 11.6. The molecule has 0 saturated carbocycles. The fraction of sp³-hybridized carbons (Fsp3) is 0.308. The van der Waals surface area contributed by atoms with Crippen molar-refractivity contribution >= 4 is 0 Å². The van der Waals surface area contributed by atoms with E-state index < -0.39 is 0 Å². The van der Waals surface area contributed by atoms with Crippen LogP contribution < -0.4 is 4.74 Å². The molecular weight excluding hydrogens is 200 g/mol. The summed E-state index contributed by atoms with van der Waals surface area (Å²) in [5, 5.41) is 0. The average Bonchev–Trinajstić information content (AvgIpc) is 2.69. The number of hydrogen-bond donors (Lipinski definition) is 0. The SMILES string of the molecule is CC(C)(C)Oc1ccc(-n2[c]ncc2)cc1. The molecule has 2 aromatic rings. The minimum absolute atomic E-state index is 0.164. The first kappa shape index (κ1) is 10.7. The average molecular weight is 215 g/mol. The summed E-state index contributed by atoms with van der Waals surface area (Å²) in [6.45, 7) is 6.10. The Hall–Kier alpha value is -1.77. The van der Waals surface area contributed by atoms with Crippen LogP contribution in [-0.2, 0) is 0 Å². The highest BCUT2D eigenvalue weighted by molar-refractivity contribution is 5.37. The summed E-state index contributed by atoms with van der Waals surface area (Å²) >= 11 is 0. The molecule has 0 spiro atoms. The third kappa shape index (κ3) is 2.63. The Morgan fingerprint density at radius 2 is 1.88 bits per heavy atom. The number of rotatable bonds is 2. The predicted octanol–water partition coefficient (Wildman–Crippen LogP) is 2.85. The summed E-state index contributed by atoms with van der Waals surface area (Å²) in [7, 11) is 0. The Morgan fingerprint density at radius 3 is 2.38 bits per heavy atom. The molecule has 1 aromatic heterocycles. The van der Waals surface area contributed by atoms with Crippen molar-refractivity contribution in [3.63, 3.8) is 0 Å². The smallest absolute Gasteiger partial charge is 0.181 e. The predicted molar refractivity (Wildman–Crippen MR) is 62.8 cm³/mol. The van der Waals surface area contributed by atoms with Crippen molar-refractivity contribution in [1.82, 2.24) is 9.55 Å². The highest BCUT2D eigenvalue weighted by Crippen LogP contribution is 2.19. The van der Waals surface area contributed by atoms with Gasteiger partial charge in [-0.05, 0) is 45.0 Å². The van der Waals surface area contributed by atoms with Crippen molar-refractivity contribution in [1.29, 1.82) is 0 Å². The summed E-state index contributed by atoms with van der Waals surface area (Å²) in [6.07, 6.45) is 6.42. The largest absolute Gasteiger partial charge is 0.488 e. The van der Waals surface area contributed by atoms with E-state index >= 15 is 0 Å². The van der Waals surface area contributed by atoms with E-state index in [1.165, 1.54) is 0 Å². The molecule has 1 radical (unpaired) electrons. The van der Waals surface area contributed by atoms with E-state index in [9.17, 15) is 0 Å². The number of imidazole rings is 1. The first-order valence-electron chi connectivity index (χ1n) is 5.25. The van der Waals surface area contributed by atoms with Crippen molar-refractivity contribution in [3.05, 3.63) is 43.0 Å². The highest BCUT2D eigenvalue weighted by Gasteiger charge is 2.11. The summed E-state index contributed by atoms with van der Waals surface area (Å²) in [4.78, 5) is 3.89. The number of hydrogen-bond acceptors (Lipinski definition) is 2. The molecule has 0 aliphatic rings. The molecule has 0 aliphatic carbocycles. The van der Waals surface area contributed by atoms with Crippen molar-refractivity contribution in [2.45, 2.75) is 26.4 Å². The lowest BCUT2D eigenvalue weighted by atomic mass is 10.2. The molecule has 0 bridgehead atoms. The van der Waals surface area contributed by atoms with Gasteiger partial charge in [-0.2, -0.15) is 0 Å². The lowest BCUT2D eigenvalue weighted by Gasteiger charge is -2.21. The van der Waals surface area contributed by atoms with Crippen molar-refractivity contribution in [2.75, 3.05) is 0 Å². The first-order chi connectivity index (χ1) is 7.54. The minimum Gasteiger partial charge on any atom is -0.488 e. The van der Waals surface area contributed by atoms with Crippen LogP contribution >= 0.6 is 0 Å². The molecule has 0 N–H and O–H groups in total. The van der Waals surface area contributed by atoms with E-state index in [0.717, 1.165) is 11.4 Å². The Morgan fingerprint density at radius 1 is 1.19 bits per heavy atom. The minimum atomic E-state index is -0.164. The van der Waals surface area contributed by atoms with Gasteiger partial charge in [0.05, 0.1) is 0 Å². The summed E-state index contributed by atoms with van der Waals surface area (Å²) in [6, 6.07) is 7.88. The van der Waals surface area contributed by atoms with Gasteiger partial charge in [0.2, 0.25) is 0 Å². The molecule has 83 valence electrons. The maximum atomic E-state index is 5.74. The van der Waals surface area contributed by atoms with Gasteiger partial charge in [0.1, 0.15) is 11.4 Å². The van der Waals surface area contributed by atoms with Gasteiger partial charge in [-0.25, -0.2) is 4.98 Å². The van der Waals surface area contributed by atoms with Gasteiger partial charge in [0.25, 0.3) is 0 Å². The Labute approximate surface area is 95.7 Å². The van der Waals surface area contributed by atoms with Crippen LogP contribution in [-0.4, -0.2) is 15.2 Å². The molecule has 0 fully saturated rings. The van der Waals surface area contributed by atoms with Crippen LogP contribution in [0.5, 0.6) is 5.75 Å². The molecular formula is C13H15N2O. The second kappa shape index (κ2) is 4.00. The van der Waals surface area contributed by atoms with E-state index in [1.807, 2.05) is 55.8 Å². The molecule has 3 nitrogen and oxygen atoms in total. The van der Waals surface area contributed by atoms with Crippen molar-refractivity contribution in [3.8, 4) is 11.4 Å². The van der Waals surface area contributed by atoms with Gasteiger partial charge < -0.3 is 4.74 Å². The maximum Gasteiger partial charge on any atom is 0.181 e. The number of ether oxygens (including phenoxy) is 1. The quantitative estimate of drug-likeness (QED) is 0.770. The van der Waals surface area contributed by atoms with Crippen LogP contribution in [0.25, 0.3) is 5.69 Å².